The Hall–Kier alpha value is -0.470. The van der Waals surface area contributed by atoms with Gasteiger partial charge in [0.05, 0.1) is 11.5 Å². The summed E-state index contributed by atoms with van der Waals surface area (Å²) in [6.45, 7) is 1.37. The molecule has 0 unspecified atom stereocenters. The number of halogens is 1. The molecule has 0 atom stereocenters. The number of hydrogen-bond acceptors (Lipinski definition) is 4. The molecule has 112 valence electrons. The van der Waals surface area contributed by atoms with Crippen LogP contribution in [-0.4, -0.2) is 34.7 Å². The topological polar surface area (TPSA) is 67.4 Å². The number of methoxy groups -OCH3 is 1. The first-order valence-electron chi connectivity index (χ1n) is 6.53. The van der Waals surface area contributed by atoms with Crippen molar-refractivity contribution in [3.05, 3.63) is 28.2 Å². The van der Waals surface area contributed by atoms with Crippen LogP contribution in [0.25, 0.3) is 0 Å². The minimum atomic E-state index is -3.50. The molecular weight excluding hydrogens is 344 g/mol. The van der Waals surface area contributed by atoms with Crippen molar-refractivity contribution in [2.75, 3.05) is 20.3 Å². The van der Waals surface area contributed by atoms with E-state index in [9.17, 15) is 8.42 Å². The Morgan fingerprint density at radius 3 is 2.75 bits per heavy atom. The molecule has 0 radical (unpaired) electrons. The highest BCUT2D eigenvalue weighted by molar-refractivity contribution is 9.10. The summed E-state index contributed by atoms with van der Waals surface area (Å²) in [6.07, 6.45) is 2.47. The maximum atomic E-state index is 12.1. The van der Waals surface area contributed by atoms with Crippen LogP contribution < -0.4 is 10.0 Å². The van der Waals surface area contributed by atoms with E-state index in [1.54, 1.807) is 6.07 Å². The lowest BCUT2D eigenvalue weighted by atomic mass is 10.2. The molecular formula is C13H19BrN2O3S. The molecule has 0 aliphatic heterocycles. The van der Waals surface area contributed by atoms with Crippen molar-refractivity contribution < 1.29 is 13.2 Å². The minimum absolute atomic E-state index is 0.253. The van der Waals surface area contributed by atoms with Gasteiger partial charge >= 0.3 is 0 Å². The molecule has 0 bridgehead atoms. The fourth-order valence-electron chi connectivity index (χ4n) is 1.78. The van der Waals surface area contributed by atoms with Gasteiger partial charge in [0.1, 0.15) is 0 Å². The van der Waals surface area contributed by atoms with Gasteiger partial charge in [-0.3, -0.25) is 0 Å². The van der Waals surface area contributed by atoms with Crippen molar-refractivity contribution in [3.63, 3.8) is 0 Å². The van der Waals surface area contributed by atoms with Gasteiger partial charge in [0.15, 0.2) is 0 Å². The highest BCUT2D eigenvalue weighted by Gasteiger charge is 2.21. The van der Waals surface area contributed by atoms with E-state index in [-0.39, 0.29) is 11.4 Å². The van der Waals surface area contributed by atoms with E-state index in [1.807, 2.05) is 12.1 Å². The first kappa shape index (κ1) is 15.9. The average molecular weight is 363 g/mol. The fraction of sp³-hybridized carbons (Fsp3) is 0.538. The molecule has 1 saturated carbocycles. The fourth-order valence-corrected chi connectivity index (χ4v) is 3.91. The monoisotopic (exact) mass is 362 g/mol. The predicted octanol–water partition coefficient (Wildman–Crippen LogP) is 1.63. The maximum Gasteiger partial charge on any atom is 0.241 e. The van der Waals surface area contributed by atoms with E-state index < -0.39 is 10.0 Å². The van der Waals surface area contributed by atoms with Crippen molar-refractivity contribution in [1.82, 2.24) is 10.0 Å². The Morgan fingerprint density at radius 2 is 2.15 bits per heavy atom. The van der Waals surface area contributed by atoms with Crippen LogP contribution in [0.1, 0.15) is 18.4 Å². The Bertz CT molecular complexity index is 559. The molecule has 20 heavy (non-hydrogen) atoms. The lowest BCUT2D eigenvalue weighted by molar-refractivity contribution is 0.204. The van der Waals surface area contributed by atoms with Crippen molar-refractivity contribution in [2.24, 2.45) is 0 Å². The van der Waals surface area contributed by atoms with Crippen molar-refractivity contribution >= 4 is 26.0 Å². The minimum Gasteiger partial charge on any atom is -0.383 e. The summed E-state index contributed by atoms with van der Waals surface area (Å²) >= 11 is 3.34. The molecule has 0 heterocycles. The summed E-state index contributed by atoms with van der Waals surface area (Å²) in [7, 11) is -1.96. The third kappa shape index (κ3) is 4.53. The molecule has 7 heteroatoms. The lowest BCUT2D eigenvalue weighted by Gasteiger charge is -2.10. The van der Waals surface area contributed by atoms with E-state index in [0.717, 1.165) is 12.1 Å². The van der Waals surface area contributed by atoms with Gasteiger partial charge in [0, 0.05) is 30.7 Å². The third-order valence-electron chi connectivity index (χ3n) is 3.06. The summed E-state index contributed by atoms with van der Waals surface area (Å²) in [5.41, 5.74) is 1.07. The van der Waals surface area contributed by atoms with E-state index >= 15 is 0 Å². The highest BCUT2D eigenvalue weighted by Crippen LogP contribution is 2.24. The zero-order chi connectivity index (χ0) is 14.6. The summed E-state index contributed by atoms with van der Waals surface area (Å²) in [5, 5.41) is 3.40. The van der Waals surface area contributed by atoms with Gasteiger partial charge in [-0.2, -0.15) is 0 Å². The van der Waals surface area contributed by atoms with Gasteiger partial charge in [-0.15, -0.1) is 0 Å². The molecule has 2 rings (SSSR count). The van der Waals surface area contributed by atoms with Crippen LogP contribution in [0.4, 0.5) is 0 Å². The third-order valence-corrected chi connectivity index (χ3v) is 5.49. The number of rotatable bonds is 8. The molecule has 0 amide bonds. The van der Waals surface area contributed by atoms with Crippen LogP contribution in [0.15, 0.2) is 27.6 Å². The standard InChI is InChI=1S/C13H19BrN2O3S/c1-19-7-6-16-20(17,18)13-5-2-10(8-12(13)14)9-15-11-3-4-11/h2,5,8,11,15-16H,3-4,6-7,9H2,1H3. The lowest BCUT2D eigenvalue weighted by Crippen LogP contribution is -2.27. The molecule has 0 aromatic heterocycles. The van der Waals surface area contributed by atoms with Crippen molar-refractivity contribution in [3.8, 4) is 0 Å². The van der Waals surface area contributed by atoms with Crippen LogP contribution in [0.3, 0.4) is 0 Å². The van der Waals surface area contributed by atoms with Gasteiger partial charge in [-0.05, 0) is 46.5 Å². The van der Waals surface area contributed by atoms with Gasteiger partial charge in [-0.1, -0.05) is 6.07 Å². The molecule has 1 aliphatic rings. The normalized spacial score (nSPS) is 15.5. The van der Waals surface area contributed by atoms with Crippen molar-refractivity contribution in [1.29, 1.82) is 0 Å². The van der Waals surface area contributed by atoms with Crippen LogP contribution in [0, 0.1) is 0 Å². The molecule has 5 nitrogen and oxygen atoms in total. The van der Waals surface area contributed by atoms with E-state index in [1.165, 1.54) is 20.0 Å². The number of ether oxygens (including phenoxy) is 1. The van der Waals surface area contributed by atoms with E-state index in [4.69, 9.17) is 4.74 Å². The second kappa shape index (κ2) is 7.00. The van der Waals surface area contributed by atoms with Gasteiger partial charge in [0.2, 0.25) is 10.0 Å². The molecule has 0 spiro atoms. The first-order valence-corrected chi connectivity index (χ1v) is 8.81. The van der Waals surface area contributed by atoms with Gasteiger partial charge in [-0.25, -0.2) is 13.1 Å². The molecule has 1 aliphatic carbocycles. The zero-order valence-corrected chi connectivity index (χ0v) is 13.8. The first-order chi connectivity index (χ1) is 9.53. The zero-order valence-electron chi connectivity index (χ0n) is 11.4. The number of nitrogens with one attached hydrogen (secondary N) is 2. The summed E-state index contributed by atoms with van der Waals surface area (Å²) in [6, 6.07) is 5.95. The summed E-state index contributed by atoms with van der Waals surface area (Å²) < 4.78 is 32.1. The second-order valence-electron chi connectivity index (χ2n) is 4.81. The van der Waals surface area contributed by atoms with Crippen LogP contribution in [0.2, 0.25) is 0 Å². The quantitative estimate of drug-likeness (QED) is 0.689. The average Bonchev–Trinajstić information content (AvgIpc) is 3.20. The highest BCUT2D eigenvalue weighted by atomic mass is 79.9. The van der Waals surface area contributed by atoms with Gasteiger partial charge < -0.3 is 10.1 Å². The van der Waals surface area contributed by atoms with Crippen molar-refractivity contribution in [2.45, 2.75) is 30.3 Å². The molecule has 1 aromatic carbocycles. The number of sulfonamides is 1. The second-order valence-corrected chi connectivity index (χ2v) is 7.40. The van der Waals surface area contributed by atoms with Crippen LogP contribution in [-0.2, 0) is 21.3 Å². The van der Waals surface area contributed by atoms with Gasteiger partial charge in [0.25, 0.3) is 0 Å². The summed E-state index contributed by atoms with van der Waals surface area (Å²) in [5.74, 6) is 0. The predicted molar refractivity (Wildman–Crippen MR) is 81.1 cm³/mol. The largest absolute Gasteiger partial charge is 0.383 e. The Morgan fingerprint density at radius 1 is 1.40 bits per heavy atom. The van der Waals surface area contributed by atoms with E-state index in [2.05, 4.69) is 26.0 Å². The molecule has 0 saturated heterocycles. The molecule has 1 aromatic rings. The number of hydrogen-bond donors (Lipinski definition) is 2. The Labute approximate surface area is 128 Å². The molecule has 2 N–H and O–H groups in total. The Kier molecular flexibility index (Phi) is 5.57. The number of benzene rings is 1. The van der Waals surface area contributed by atoms with Crippen LogP contribution >= 0.6 is 15.9 Å². The smallest absolute Gasteiger partial charge is 0.241 e. The summed E-state index contributed by atoms with van der Waals surface area (Å²) in [4.78, 5) is 0.253. The van der Waals surface area contributed by atoms with Crippen LogP contribution in [0.5, 0.6) is 0 Å². The maximum absolute atomic E-state index is 12.1. The molecule has 1 fully saturated rings. The Balaban J connectivity index is 2.03. The SMILES string of the molecule is COCCNS(=O)(=O)c1ccc(CNC2CC2)cc1Br. The van der Waals surface area contributed by atoms with E-state index in [0.29, 0.717) is 17.1 Å².